The second kappa shape index (κ2) is 9.65. The normalized spacial score (nSPS) is 11.9. The fourth-order valence-electron chi connectivity index (χ4n) is 3.58. The molecule has 0 aliphatic carbocycles. The molecule has 2 heterocycles. The molecular formula is C24H20F5N3O2S. The smallest absolute Gasteiger partial charge is 0.393 e. The maximum atomic E-state index is 13.7. The van der Waals surface area contributed by atoms with Crippen LogP contribution in [0, 0.1) is 17.6 Å². The van der Waals surface area contributed by atoms with E-state index in [1.165, 1.54) is 28.8 Å². The van der Waals surface area contributed by atoms with Gasteiger partial charge in [-0.2, -0.15) is 13.2 Å². The molecule has 0 saturated carbocycles. The summed E-state index contributed by atoms with van der Waals surface area (Å²) >= 11 is 1.06. The summed E-state index contributed by atoms with van der Waals surface area (Å²) in [5, 5.41) is 2.69. The molecule has 0 aliphatic rings. The van der Waals surface area contributed by atoms with Gasteiger partial charge in [-0.05, 0) is 53.8 Å². The number of thiazole rings is 1. The first kappa shape index (κ1) is 24.6. The van der Waals surface area contributed by atoms with Crippen LogP contribution in [0.2, 0.25) is 0 Å². The van der Waals surface area contributed by atoms with Crippen LogP contribution in [-0.2, 0) is 19.1 Å². The average molecular weight is 510 g/mol. The molecule has 0 radical (unpaired) electrons. The van der Waals surface area contributed by atoms with Gasteiger partial charge in [-0.25, -0.2) is 18.6 Å². The van der Waals surface area contributed by atoms with Crippen molar-refractivity contribution in [2.45, 2.75) is 33.0 Å². The molecule has 0 bridgehead atoms. The first-order chi connectivity index (χ1) is 16.5. The minimum absolute atomic E-state index is 0.0789. The maximum absolute atomic E-state index is 13.7. The zero-order valence-electron chi connectivity index (χ0n) is 18.6. The lowest BCUT2D eigenvalue weighted by Crippen LogP contribution is -2.18. The molecule has 0 aliphatic heterocycles. The Kier molecular flexibility index (Phi) is 6.79. The van der Waals surface area contributed by atoms with Crippen molar-refractivity contribution in [1.82, 2.24) is 9.55 Å². The number of carbonyl (C=O) groups is 1. The zero-order valence-corrected chi connectivity index (χ0v) is 19.4. The minimum Gasteiger partial charge on any atom is -0.393 e. The molecule has 4 aromatic rings. The molecule has 0 atom stereocenters. The van der Waals surface area contributed by atoms with Gasteiger partial charge in [-0.3, -0.25) is 5.32 Å². The van der Waals surface area contributed by atoms with Crippen LogP contribution >= 0.6 is 11.3 Å². The van der Waals surface area contributed by atoms with E-state index >= 15 is 0 Å². The van der Waals surface area contributed by atoms with Gasteiger partial charge in [0.25, 0.3) is 0 Å². The molecular weight excluding hydrogens is 489 g/mol. The molecule has 0 saturated heterocycles. The van der Waals surface area contributed by atoms with Crippen LogP contribution < -0.4 is 10.1 Å². The first-order valence-electron chi connectivity index (χ1n) is 10.6. The molecule has 35 heavy (non-hydrogen) atoms. The van der Waals surface area contributed by atoms with E-state index in [0.29, 0.717) is 16.6 Å². The van der Waals surface area contributed by atoms with E-state index in [2.05, 4.69) is 10.3 Å². The third-order valence-corrected chi connectivity index (χ3v) is 5.94. The third kappa shape index (κ3) is 5.97. The van der Waals surface area contributed by atoms with E-state index < -0.39 is 29.5 Å². The zero-order chi connectivity index (χ0) is 25.3. The number of rotatable bonds is 6. The second-order valence-electron chi connectivity index (χ2n) is 8.37. The van der Waals surface area contributed by atoms with Crippen molar-refractivity contribution in [1.29, 1.82) is 0 Å². The van der Waals surface area contributed by atoms with Gasteiger partial charge in [0.2, 0.25) is 5.88 Å². The minimum atomic E-state index is -4.83. The van der Waals surface area contributed by atoms with Crippen molar-refractivity contribution in [2.75, 3.05) is 5.32 Å². The quantitative estimate of drug-likeness (QED) is 0.279. The number of hydrogen-bond donors (Lipinski definition) is 1. The predicted octanol–water partition coefficient (Wildman–Crippen LogP) is 7.25. The summed E-state index contributed by atoms with van der Waals surface area (Å²) in [6.07, 6.45) is -3.38. The Morgan fingerprint density at radius 2 is 1.89 bits per heavy atom. The van der Waals surface area contributed by atoms with Crippen molar-refractivity contribution in [3.8, 4) is 5.88 Å². The first-order valence-corrected chi connectivity index (χ1v) is 11.4. The van der Waals surface area contributed by atoms with Gasteiger partial charge in [-0.15, -0.1) is 0 Å². The molecule has 11 heteroatoms. The largest absolute Gasteiger partial charge is 0.420 e. The van der Waals surface area contributed by atoms with Gasteiger partial charge >= 0.3 is 12.3 Å². The van der Waals surface area contributed by atoms with E-state index in [4.69, 9.17) is 4.74 Å². The third-order valence-electron chi connectivity index (χ3n) is 5.00. The number of aromatic nitrogens is 2. The van der Waals surface area contributed by atoms with Gasteiger partial charge in [0.05, 0.1) is 22.3 Å². The fraction of sp³-hybridized carbons (Fsp3) is 0.250. The monoisotopic (exact) mass is 509 g/mol. The average Bonchev–Trinajstić information content (AvgIpc) is 3.30. The van der Waals surface area contributed by atoms with Gasteiger partial charge in [-0.1, -0.05) is 31.3 Å². The van der Waals surface area contributed by atoms with Crippen LogP contribution in [0.15, 0.2) is 48.7 Å². The van der Waals surface area contributed by atoms with Crippen molar-refractivity contribution in [3.05, 3.63) is 77.0 Å². The Morgan fingerprint density at radius 3 is 2.60 bits per heavy atom. The number of ether oxygens (including phenoxy) is 1. The van der Waals surface area contributed by atoms with Crippen molar-refractivity contribution in [2.24, 2.45) is 5.92 Å². The lowest BCUT2D eigenvalue weighted by molar-refractivity contribution is -0.140. The van der Waals surface area contributed by atoms with Gasteiger partial charge in [0, 0.05) is 12.3 Å². The number of anilines is 1. The van der Waals surface area contributed by atoms with E-state index in [9.17, 15) is 26.7 Å². The standard InChI is InChI=1S/C24H20F5N3O2S/c1-13(2)7-15-9-21(32(12-15)11-14-3-5-18(26)17(8-14)24(27,28)29)34-23(33)31-22-30-19-6-4-16(25)10-20(19)35-22/h3-6,8-10,12-13H,7,11H2,1-2H3,(H,30,31,33). The number of fused-ring (bicyclic) bond motifs is 1. The second-order valence-corrected chi connectivity index (χ2v) is 9.40. The molecule has 184 valence electrons. The molecule has 1 amide bonds. The number of nitrogens with one attached hydrogen (secondary N) is 1. The molecule has 2 aromatic heterocycles. The molecule has 1 N–H and O–H groups in total. The van der Waals surface area contributed by atoms with Crippen LogP contribution in [0.25, 0.3) is 10.2 Å². The highest BCUT2D eigenvalue weighted by molar-refractivity contribution is 7.22. The summed E-state index contributed by atoms with van der Waals surface area (Å²) in [6, 6.07) is 8.41. The number of carbonyl (C=O) groups excluding carboxylic acids is 1. The van der Waals surface area contributed by atoms with Gasteiger partial charge in [0.1, 0.15) is 11.6 Å². The van der Waals surface area contributed by atoms with Crippen LogP contribution in [-0.4, -0.2) is 15.6 Å². The molecule has 4 rings (SSSR count). The molecule has 0 fully saturated rings. The predicted molar refractivity (Wildman–Crippen MR) is 123 cm³/mol. The Bertz CT molecular complexity index is 1380. The summed E-state index contributed by atoms with van der Waals surface area (Å²) in [5.74, 6) is -1.41. The maximum Gasteiger partial charge on any atom is 0.420 e. The van der Waals surface area contributed by atoms with Crippen LogP contribution in [0.5, 0.6) is 5.88 Å². The number of halogens is 5. The topological polar surface area (TPSA) is 56.1 Å². The Hall–Kier alpha value is -3.47. The number of hydrogen-bond acceptors (Lipinski definition) is 4. The van der Waals surface area contributed by atoms with E-state index in [1.807, 2.05) is 13.8 Å². The summed E-state index contributed by atoms with van der Waals surface area (Å²) in [5.41, 5.74) is 0.142. The van der Waals surface area contributed by atoms with Crippen LogP contribution in [0.1, 0.15) is 30.5 Å². The van der Waals surface area contributed by atoms with E-state index in [0.717, 1.165) is 29.0 Å². The highest BCUT2D eigenvalue weighted by Gasteiger charge is 2.34. The van der Waals surface area contributed by atoms with Gasteiger partial charge in [0.15, 0.2) is 5.13 Å². The van der Waals surface area contributed by atoms with Crippen LogP contribution in [0.3, 0.4) is 0 Å². The number of amides is 1. The number of alkyl halides is 3. The Balaban J connectivity index is 1.57. The van der Waals surface area contributed by atoms with Crippen molar-refractivity contribution >= 4 is 32.8 Å². The fourth-order valence-corrected chi connectivity index (χ4v) is 4.46. The summed E-state index contributed by atoms with van der Waals surface area (Å²) in [6.45, 7) is 3.91. The number of benzene rings is 2. The summed E-state index contributed by atoms with van der Waals surface area (Å²) in [7, 11) is 0. The summed E-state index contributed by atoms with van der Waals surface area (Å²) in [4.78, 5) is 16.7. The van der Waals surface area contributed by atoms with E-state index in [-0.39, 0.29) is 29.0 Å². The van der Waals surface area contributed by atoms with Gasteiger partial charge < -0.3 is 9.30 Å². The highest BCUT2D eigenvalue weighted by Crippen LogP contribution is 2.33. The molecule has 2 aromatic carbocycles. The molecule has 0 spiro atoms. The molecule has 5 nitrogen and oxygen atoms in total. The lowest BCUT2D eigenvalue weighted by Gasteiger charge is -2.12. The lowest BCUT2D eigenvalue weighted by atomic mass is 10.1. The SMILES string of the molecule is CC(C)Cc1cc(OC(=O)Nc2nc3ccc(F)cc3s2)n(Cc2ccc(F)c(C(F)(F)F)c2)c1. The Morgan fingerprint density at radius 1 is 1.11 bits per heavy atom. The van der Waals surface area contributed by atoms with Crippen LogP contribution in [0.4, 0.5) is 31.9 Å². The molecule has 0 unspecified atom stereocenters. The number of nitrogens with zero attached hydrogens (tertiary/aromatic N) is 2. The van der Waals surface area contributed by atoms with Crippen molar-refractivity contribution < 1.29 is 31.5 Å². The summed E-state index contributed by atoms with van der Waals surface area (Å²) < 4.78 is 73.9. The highest BCUT2D eigenvalue weighted by atomic mass is 32.1. The Labute approximate surface area is 201 Å². The van der Waals surface area contributed by atoms with Crippen molar-refractivity contribution in [3.63, 3.8) is 0 Å². The van der Waals surface area contributed by atoms with E-state index in [1.54, 1.807) is 12.3 Å².